The van der Waals surface area contributed by atoms with E-state index in [0.717, 1.165) is 21.8 Å². The van der Waals surface area contributed by atoms with Gasteiger partial charge in [0.25, 0.3) is 10.1 Å². The summed E-state index contributed by atoms with van der Waals surface area (Å²) in [4.78, 5) is 8.74. The van der Waals surface area contributed by atoms with Crippen LogP contribution in [0.25, 0.3) is 10.9 Å². The van der Waals surface area contributed by atoms with Gasteiger partial charge in [-0.3, -0.25) is 4.18 Å². The second-order valence-electron chi connectivity index (χ2n) is 8.09. The van der Waals surface area contributed by atoms with Gasteiger partial charge in [0, 0.05) is 21.6 Å². The molecule has 0 bridgehead atoms. The summed E-state index contributed by atoms with van der Waals surface area (Å²) in [5, 5.41) is 4.54. The summed E-state index contributed by atoms with van der Waals surface area (Å²) >= 11 is 9.60. The number of halogens is 2. The van der Waals surface area contributed by atoms with Crippen molar-refractivity contribution < 1.29 is 31.5 Å². The van der Waals surface area contributed by atoms with E-state index < -0.39 is 34.5 Å². The van der Waals surface area contributed by atoms with Gasteiger partial charge in [0.05, 0.1) is 37.1 Å². The van der Waals surface area contributed by atoms with Crippen LogP contribution in [-0.4, -0.2) is 69.4 Å². The van der Waals surface area contributed by atoms with Gasteiger partial charge < -0.3 is 24.3 Å². The highest BCUT2D eigenvalue weighted by Crippen LogP contribution is 2.38. The third-order valence-corrected chi connectivity index (χ3v) is 7.47. The quantitative estimate of drug-likeness (QED) is 0.411. The highest BCUT2D eigenvalue weighted by atomic mass is 79.9. The lowest BCUT2D eigenvalue weighted by Crippen LogP contribution is -2.36. The van der Waals surface area contributed by atoms with Crippen molar-refractivity contribution in [3.8, 4) is 11.5 Å². The summed E-state index contributed by atoms with van der Waals surface area (Å²) in [5.74, 6) is 1.48. The number of aromatic nitrogens is 2. The molecule has 5 rings (SSSR count). The third-order valence-electron chi connectivity index (χ3n) is 5.64. The van der Waals surface area contributed by atoms with Crippen molar-refractivity contribution in [1.29, 1.82) is 0 Å². The standard InChI is InChI=1S/C22H21BrClN3O7S/c1-30-16-6-12-15(25-10-26-22(12)27-11-3-4-13(23)14(24)5-11)7-17(16)33-18-8-31-21-19(9-32-20(18)21)34-35(2,28)29/h3-7,10,18-21H,8-9H2,1-2H3,(H,25,26,27)/t18?,19-,20-,21-/m0/s1. The van der Waals surface area contributed by atoms with Gasteiger partial charge in [0.1, 0.15) is 30.5 Å². The van der Waals surface area contributed by atoms with E-state index in [4.69, 9.17) is 34.7 Å². The lowest BCUT2D eigenvalue weighted by molar-refractivity contribution is 0.0194. The number of hydrogen-bond acceptors (Lipinski definition) is 10. The Hall–Kier alpha value is -2.22. The maximum absolute atomic E-state index is 11.5. The van der Waals surface area contributed by atoms with E-state index in [-0.39, 0.29) is 13.2 Å². The number of methoxy groups -OCH3 is 1. The topological polar surface area (TPSA) is 118 Å². The first-order chi connectivity index (χ1) is 16.7. The average molecular weight is 587 g/mol. The maximum atomic E-state index is 11.5. The Labute approximate surface area is 215 Å². The van der Waals surface area contributed by atoms with Crippen LogP contribution in [0, 0.1) is 0 Å². The summed E-state index contributed by atoms with van der Waals surface area (Å²) in [6.07, 6.45) is 0.228. The highest BCUT2D eigenvalue weighted by molar-refractivity contribution is 9.10. The predicted molar refractivity (Wildman–Crippen MR) is 132 cm³/mol. The molecular formula is C22H21BrClN3O7S. The van der Waals surface area contributed by atoms with Crippen molar-refractivity contribution in [1.82, 2.24) is 9.97 Å². The molecule has 0 spiro atoms. The first-order valence-electron chi connectivity index (χ1n) is 10.5. The molecule has 3 heterocycles. The number of rotatable bonds is 7. The van der Waals surface area contributed by atoms with Gasteiger partial charge in [-0.1, -0.05) is 11.6 Å². The smallest absolute Gasteiger partial charge is 0.264 e. The lowest BCUT2D eigenvalue weighted by atomic mass is 10.1. The van der Waals surface area contributed by atoms with Gasteiger partial charge in [-0.15, -0.1) is 0 Å². The van der Waals surface area contributed by atoms with Crippen LogP contribution in [-0.2, 0) is 23.8 Å². The van der Waals surface area contributed by atoms with Crippen LogP contribution in [0.3, 0.4) is 0 Å². The van der Waals surface area contributed by atoms with E-state index in [1.807, 2.05) is 12.1 Å². The monoisotopic (exact) mass is 585 g/mol. The number of nitrogens with zero attached hydrogens (tertiary/aromatic N) is 2. The Morgan fingerprint density at radius 3 is 2.54 bits per heavy atom. The van der Waals surface area contributed by atoms with Gasteiger partial charge >= 0.3 is 0 Å². The molecule has 1 N–H and O–H groups in total. The van der Waals surface area contributed by atoms with Gasteiger partial charge in [-0.05, 0) is 40.2 Å². The molecule has 186 valence electrons. The number of nitrogens with one attached hydrogen (secondary N) is 1. The summed E-state index contributed by atoms with van der Waals surface area (Å²) in [6, 6.07) is 9.03. The summed E-state index contributed by atoms with van der Waals surface area (Å²) in [6.45, 7) is 0.306. The molecule has 1 unspecified atom stereocenters. The van der Waals surface area contributed by atoms with Crippen LogP contribution >= 0.6 is 27.5 Å². The zero-order valence-electron chi connectivity index (χ0n) is 18.6. The summed E-state index contributed by atoms with van der Waals surface area (Å²) in [5.41, 5.74) is 1.39. The predicted octanol–water partition coefficient (Wildman–Crippen LogP) is 3.69. The number of anilines is 2. The van der Waals surface area contributed by atoms with Crippen molar-refractivity contribution in [2.24, 2.45) is 0 Å². The molecule has 35 heavy (non-hydrogen) atoms. The van der Waals surface area contributed by atoms with E-state index in [1.165, 1.54) is 13.4 Å². The molecule has 1 aromatic heterocycles. The van der Waals surface area contributed by atoms with Crippen LogP contribution in [0.5, 0.6) is 11.5 Å². The van der Waals surface area contributed by atoms with Crippen molar-refractivity contribution in [2.45, 2.75) is 24.4 Å². The second kappa shape index (κ2) is 9.68. The van der Waals surface area contributed by atoms with Crippen LogP contribution in [0.4, 0.5) is 11.5 Å². The van der Waals surface area contributed by atoms with Crippen LogP contribution in [0.15, 0.2) is 41.1 Å². The minimum atomic E-state index is -3.64. The molecule has 2 aliphatic rings. The second-order valence-corrected chi connectivity index (χ2v) is 10.9. The van der Waals surface area contributed by atoms with Gasteiger partial charge in [0.2, 0.25) is 0 Å². The molecule has 10 nitrogen and oxygen atoms in total. The zero-order valence-corrected chi connectivity index (χ0v) is 21.8. The largest absolute Gasteiger partial charge is 0.493 e. The third kappa shape index (κ3) is 5.18. The highest BCUT2D eigenvalue weighted by Gasteiger charge is 2.50. The van der Waals surface area contributed by atoms with Gasteiger partial charge in [-0.25, -0.2) is 9.97 Å². The van der Waals surface area contributed by atoms with E-state index in [0.29, 0.717) is 27.9 Å². The maximum Gasteiger partial charge on any atom is 0.264 e. The fraction of sp³-hybridized carbons (Fsp3) is 0.364. The van der Waals surface area contributed by atoms with Crippen molar-refractivity contribution in [2.75, 3.05) is 31.9 Å². The Balaban J connectivity index is 1.39. The van der Waals surface area contributed by atoms with Crippen LogP contribution < -0.4 is 14.8 Å². The Bertz CT molecular complexity index is 1380. The number of ether oxygens (including phenoxy) is 4. The average Bonchev–Trinajstić information content (AvgIpc) is 3.38. The normalized spacial score (nSPS) is 23.9. The molecule has 13 heteroatoms. The fourth-order valence-corrected chi connectivity index (χ4v) is 5.17. The first-order valence-corrected chi connectivity index (χ1v) is 13.5. The number of fused-ring (bicyclic) bond motifs is 2. The molecule has 2 saturated heterocycles. The summed E-state index contributed by atoms with van der Waals surface area (Å²) in [7, 11) is -2.10. The molecular weight excluding hydrogens is 566 g/mol. The molecule has 2 aromatic carbocycles. The van der Waals surface area contributed by atoms with Crippen LogP contribution in [0.2, 0.25) is 5.02 Å². The molecule has 2 fully saturated rings. The van der Waals surface area contributed by atoms with Gasteiger partial charge in [0.15, 0.2) is 17.6 Å². The molecule has 0 amide bonds. The minimum Gasteiger partial charge on any atom is -0.493 e. The Kier molecular flexibility index (Phi) is 6.77. The van der Waals surface area contributed by atoms with Crippen molar-refractivity contribution >= 4 is 60.1 Å². The molecule has 0 aliphatic carbocycles. The van der Waals surface area contributed by atoms with E-state index >= 15 is 0 Å². The van der Waals surface area contributed by atoms with Crippen molar-refractivity contribution in [3.05, 3.63) is 46.2 Å². The molecule has 0 saturated carbocycles. The fourth-order valence-electron chi connectivity index (χ4n) is 4.13. The van der Waals surface area contributed by atoms with E-state index in [9.17, 15) is 8.42 Å². The van der Waals surface area contributed by atoms with E-state index in [2.05, 4.69) is 31.2 Å². The number of hydrogen-bond donors (Lipinski definition) is 1. The summed E-state index contributed by atoms with van der Waals surface area (Å²) < 4.78 is 52.2. The lowest BCUT2D eigenvalue weighted by Gasteiger charge is -2.20. The van der Waals surface area contributed by atoms with Crippen molar-refractivity contribution in [3.63, 3.8) is 0 Å². The van der Waals surface area contributed by atoms with Gasteiger partial charge in [-0.2, -0.15) is 8.42 Å². The molecule has 4 atom stereocenters. The Morgan fingerprint density at radius 1 is 1.09 bits per heavy atom. The van der Waals surface area contributed by atoms with E-state index in [1.54, 1.807) is 18.2 Å². The number of benzene rings is 2. The minimum absolute atomic E-state index is 0.0967. The molecule has 3 aromatic rings. The van der Waals surface area contributed by atoms with Crippen LogP contribution in [0.1, 0.15) is 0 Å². The Morgan fingerprint density at radius 2 is 1.83 bits per heavy atom. The molecule has 2 aliphatic heterocycles. The SMILES string of the molecule is COc1cc2c(Nc3ccc(Br)c(Cl)c3)ncnc2cc1OC1CO[C@H]2[C@@H](OS(C)(=O)=O)CO[C@@H]12. The first kappa shape index (κ1) is 24.5. The molecule has 0 radical (unpaired) electrons. The zero-order chi connectivity index (χ0) is 24.7.